The Kier molecular flexibility index (Phi) is 3.78. The zero-order valence-corrected chi connectivity index (χ0v) is 12.8. The second kappa shape index (κ2) is 5.89. The Hall–Kier alpha value is -2.82. The molecule has 0 amide bonds. The molecule has 0 aliphatic carbocycles. The van der Waals surface area contributed by atoms with Crippen molar-refractivity contribution in [2.24, 2.45) is 0 Å². The average Bonchev–Trinajstić information content (AvgIpc) is 3.04. The van der Waals surface area contributed by atoms with Crippen LogP contribution in [-0.4, -0.2) is 29.2 Å². The monoisotopic (exact) mass is 295 g/mol. The summed E-state index contributed by atoms with van der Waals surface area (Å²) in [6.45, 7) is 2.06. The second-order valence-corrected chi connectivity index (χ2v) is 4.90. The Morgan fingerprint density at radius 1 is 1.00 bits per heavy atom. The summed E-state index contributed by atoms with van der Waals surface area (Å²) in [4.78, 5) is 0. The Morgan fingerprint density at radius 3 is 2.55 bits per heavy atom. The van der Waals surface area contributed by atoms with Gasteiger partial charge in [0.15, 0.2) is 0 Å². The minimum atomic E-state index is 0.681. The van der Waals surface area contributed by atoms with E-state index >= 15 is 0 Å². The van der Waals surface area contributed by atoms with E-state index in [0.717, 1.165) is 28.3 Å². The molecule has 0 bridgehead atoms. The van der Waals surface area contributed by atoms with Gasteiger partial charge in [-0.15, -0.1) is 5.10 Å². The van der Waals surface area contributed by atoms with Crippen LogP contribution in [0.25, 0.3) is 16.9 Å². The summed E-state index contributed by atoms with van der Waals surface area (Å²) in [7, 11) is 3.25. The number of nitrogens with zero attached hydrogens (tertiary/aromatic N) is 3. The van der Waals surface area contributed by atoms with Crippen molar-refractivity contribution >= 4 is 0 Å². The van der Waals surface area contributed by atoms with Gasteiger partial charge in [-0.3, -0.25) is 0 Å². The second-order valence-electron chi connectivity index (χ2n) is 4.90. The third-order valence-electron chi connectivity index (χ3n) is 3.55. The van der Waals surface area contributed by atoms with Gasteiger partial charge in [0, 0.05) is 11.6 Å². The van der Waals surface area contributed by atoms with Crippen molar-refractivity contribution < 1.29 is 9.47 Å². The van der Waals surface area contributed by atoms with Gasteiger partial charge in [-0.2, -0.15) is 0 Å². The van der Waals surface area contributed by atoms with Crippen molar-refractivity contribution in [2.75, 3.05) is 14.2 Å². The highest BCUT2D eigenvalue weighted by Gasteiger charge is 2.11. The predicted molar refractivity (Wildman–Crippen MR) is 84.6 cm³/mol. The number of methoxy groups -OCH3 is 2. The van der Waals surface area contributed by atoms with Gasteiger partial charge in [0.1, 0.15) is 22.9 Å². The summed E-state index contributed by atoms with van der Waals surface area (Å²) in [5, 5.41) is 8.48. The molecule has 0 atom stereocenters. The minimum Gasteiger partial charge on any atom is -0.497 e. The summed E-state index contributed by atoms with van der Waals surface area (Å²) < 4.78 is 12.3. The van der Waals surface area contributed by atoms with E-state index < -0.39 is 0 Å². The van der Waals surface area contributed by atoms with E-state index in [1.165, 1.54) is 0 Å². The third kappa shape index (κ3) is 2.53. The van der Waals surface area contributed by atoms with E-state index in [1.54, 1.807) is 18.9 Å². The standard InChI is InChI=1S/C17H17N3O2/c1-12-6-4-5-7-14(12)15-11-20(19-18-15)16-9-8-13(21-2)10-17(16)22-3/h4-11H,1-3H3. The highest BCUT2D eigenvalue weighted by molar-refractivity contribution is 5.63. The van der Waals surface area contributed by atoms with E-state index in [4.69, 9.17) is 9.47 Å². The Labute approximate surface area is 129 Å². The molecule has 0 saturated heterocycles. The molecular formula is C17H17N3O2. The van der Waals surface area contributed by atoms with Crippen molar-refractivity contribution in [3.63, 3.8) is 0 Å². The first-order valence-electron chi connectivity index (χ1n) is 6.93. The molecule has 1 aromatic heterocycles. The molecular weight excluding hydrogens is 278 g/mol. The highest BCUT2D eigenvalue weighted by Crippen LogP contribution is 2.28. The van der Waals surface area contributed by atoms with Crippen LogP contribution < -0.4 is 9.47 Å². The molecule has 1 heterocycles. The van der Waals surface area contributed by atoms with Crippen LogP contribution >= 0.6 is 0 Å². The van der Waals surface area contributed by atoms with E-state index in [-0.39, 0.29) is 0 Å². The molecule has 5 heteroatoms. The van der Waals surface area contributed by atoms with Crippen molar-refractivity contribution in [3.8, 4) is 28.4 Å². The molecule has 0 aliphatic rings. The lowest BCUT2D eigenvalue weighted by atomic mass is 10.1. The van der Waals surface area contributed by atoms with Gasteiger partial charge in [-0.25, -0.2) is 4.68 Å². The zero-order chi connectivity index (χ0) is 15.5. The maximum Gasteiger partial charge on any atom is 0.148 e. The molecule has 0 saturated carbocycles. The topological polar surface area (TPSA) is 49.2 Å². The highest BCUT2D eigenvalue weighted by atomic mass is 16.5. The maximum absolute atomic E-state index is 5.41. The number of aromatic nitrogens is 3. The fourth-order valence-corrected chi connectivity index (χ4v) is 2.34. The normalized spacial score (nSPS) is 10.5. The minimum absolute atomic E-state index is 0.681. The number of aryl methyl sites for hydroxylation is 1. The molecule has 0 spiro atoms. The lowest BCUT2D eigenvalue weighted by Gasteiger charge is -2.09. The molecule has 5 nitrogen and oxygen atoms in total. The van der Waals surface area contributed by atoms with Gasteiger partial charge in [-0.05, 0) is 24.6 Å². The van der Waals surface area contributed by atoms with Crippen molar-refractivity contribution in [2.45, 2.75) is 6.92 Å². The molecule has 0 fully saturated rings. The van der Waals surface area contributed by atoms with E-state index in [2.05, 4.69) is 23.3 Å². The van der Waals surface area contributed by atoms with Gasteiger partial charge in [0.05, 0.1) is 20.4 Å². The predicted octanol–water partition coefficient (Wildman–Crippen LogP) is 3.26. The van der Waals surface area contributed by atoms with Crippen LogP contribution in [0, 0.1) is 6.92 Å². The van der Waals surface area contributed by atoms with E-state index in [9.17, 15) is 0 Å². The summed E-state index contributed by atoms with van der Waals surface area (Å²) in [5.74, 6) is 1.42. The number of rotatable bonds is 4. The van der Waals surface area contributed by atoms with E-state index in [0.29, 0.717) is 5.75 Å². The molecule has 22 heavy (non-hydrogen) atoms. The van der Waals surface area contributed by atoms with Crippen LogP contribution in [-0.2, 0) is 0 Å². The van der Waals surface area contributed by atoms with Crippen molar-refractivity contribution in [1.29, 1.82) is 0 Å². The summed E-state index contributed by atoms with van der Waals surface area (Å²) >= 11 is 0. The SMILES string of the molecule is COc1ccc(-n2cc(-c3ccccc3C)nn2)c(OC)c1. The fraction of sp³-hybridized carbons (Fsp3) is 0.176. The van der Waals surface area contributed by atoms with E-state index in [1.807, 2.05) is 42.6 Å². The van der Waals surface area contributed by atoms with Crippen LogP contribution in [0.4, 0.5) is 0 Å². The molecule has 3 rings (SSSR count). The largest absolute Gasteiger partial charge is 0.497 e. The first kappa shape index (κ1) is 14.1. The van der Waals surface area contributed by atoms with Crippen molar-refractivity contribution in [1.82, 2.24) is 15.0 Å². The Morgan fingerprint density at radius 2 is 1.82 bits per heavy atom. The first-order valence-corrected chi connectivity index (χ1v) is 6.93. The zero-order valence-electron chi connectivity index (χ0n) is 12.8. The average molecular weight is 295 g/mol. The lowest BCUT2D eigenvalue weighted by molar-refractivity contribution is 0.392. The Balaban J connectivity index is 2.03. The van der Waals surface area contributed by atoms with Gasteiger partial charge >= 0.3 is 0 Å². The Bertz CT molecular complexity index is 796. The summed E-state index contributed by atoms with van der Waals surface area (Å²) in [6, 6.07) is 13.7. The number of benzene rings is 2. The van der Waals surface area contributed by atoms with Crippen LogP contribution in [0.15, 0.2) is 48.7 Å². The molecule has 3 aromatic rings. The van der Waals surface area contributed by atoms with Crippen LogP contribution in [0.5, 0.6) is 11.5 Å². The lowest BCUT2D eigenvalue weighted by Crippen LogP contribution is -1.99. The number of hydrogen-bond donors (Lipinski definition) is 0. The number of ether oxygens (including phenoxy) is 2. The molecule has 2 aromatic carbocycles. The smallest absolute Gasteiger partial charge is 0.148 e. The van der Waals surface area contributed by atoms with Gasteiger partial charge in [-0.1, -0.05) is 29.5 Å². The maximum atomic E-state index is 5.41. The summed E-state index contributed by atoms with van der Waals surface area (Å²) in [5.41, 5.74) is 3.88. The molecule has 112 valence electrons. The quantitative estimate of drug-likeness (QED) is 0.741. The van der Waals surface area contributed by atoms with Gasteiger partial charge < -0.3 is 9.47 Å². The van der Waals surface area contributed by atoms with Crippen LogP contribution in [0.1, 0.15) is 5.56 Å². The van der Waals surface area contributed by atoms with Gasteiger partial charge in [0.2, 0.25) is 0 Å². The molecule has 0 unspecified atom stereocenters. The first-order chi connectivity index (χ1) is 10.7. The molecule has 0 aliphatic heterocycles. The van der Waals surface area contributed by atoms with Crippen LogP contribution in [0.2, 0.25) is 0 Å². The van der Waals surface area contributed by atoms with Crippen molar-refractivity contribution in [3.05, 3.63) is 54.2 Å². The fourth-order valence-electron chi connectivity index (χ4n) is 2.34. The summed E-state index contributed by atoms with van der Waals surface area (Å²) in [6.07, 6.45) is 1.90. The van der Waals surface area contributed by atoms with Gasteiger partial charge in [0.25, 0.3) is 0 Å². The third-order valence-corrected chi connectivity index (χ3v) is 3.55. The van der Waals surface area contributed by atoms with Crippen LogP contribution in [0.3, 0.4) is 0 Å². The number of hydrogen-bond acceptors (Lipinski definition) is 4. The molecule has 0 N–H and O–H groups in total. The molecule has 0 radical (unpaired) electrons.